The summed E-state index contributed by atoms with van der Waals surface area (Å²) >= 11 is 0. The van der Waals surface area contributed by atoms with Crippen LogP contribution in [0.1, 0.15) is 105 Å². The van der Waals surface area contributed by atoms with Gasteiger partial charge in [0, 0.05) is 25.8 Å². The molecule has 12 atom stereocenters. The second-order valence-electron chi connectivity index (χ2n) is 18.6. The zero-order valence-electron chi connectivity index (χ0n) is 44.2. The van der Waals surface area contributed by atoms with Gasteiger partial charge in [0.15, 0.2) is 5.96 Å². The first kappa shape index (κ1) is 67.1. The van der Waals surface area contributed by atoms with Crippen LogP contribution in [0.2, 0.25) is 0 Å². The van der Waals surface area contributed by atoms with E-state index >= 15 is 0 Å². The first-order chi connectivity index (χ1) is 36.0. The van der Waals surface area contributed by atoms with Crippen LogP contribution in [0.25, 0.3) is 0 Å². The predicted molar refractivity (Wildman–Crippen MR) is 276 cm³/mol. The minimum Gasteiger partial charge on any atom is -0.481 e. The van der Waals surface area contributed by atoms with Gasteiger partial charge < -0.3 is 86.5 Å². The fourth-order valence-corrected chi connectivity index (χ4v) is 7.23. The largest absolute Gasteiger partial charge is 0.481 e. The topological polar surface area (TPSA) is 504 Å². The van der Waals surface area contributed by atoms with Crippen LogP contribution in [0.5, 0.6) is 0 Å². The molecular weight excluding hydrogens is 1010 g/mol. The molecule has 0 radical (unpaired) electrons. The van der Waals surface area contributed by atoms with Crippen molar-refractivity contribution in [3.63, 3.8) is 0 Å². The molecule has 0 heterocycles. The number of nitrogens with zero attached hydrogens (tertiary/aromatic N) is 1. The highest BCUT2D eigenvalue weighted by Crippen LogP contribution is 2.15. The number of carbonyl (C=O) groups excluding carboxylic acids is 10. The highest BCUT2D eigenvalue weighted by Gasteiger charge is 2.37. The number of nitrogens with one attached hydrogen (secondary N) is 8. The van der Waals surface area contributed by atoms with Gasteiger partial charge in [-0.15, -0.1) is 0 Å². The zero-order chi connectivity index (χ0) is 58.7. The van der Waals surface area contributed by atoms with Crippen LogP contribution in [0, 0.1) is 11.8 Å². The van der Waals surface area contributed by atoms with Gasteiger partial charge in [-0.1, -0.05) is 70.9 Å². The first-order valence-corrected chi connectivity index (χ1v) is 25.0. The number of aliphatic hydroxyl groups excluding tert-OH is 1. The average Bonchev–Trinajstić information content (AvgIpc) is 3.36. The first-order valence-electron chi connectivity index (χ1n) is 25.0. The number of guanidine groups is 1. The molecule has 0 unspecified atom stereocenters. The van der Waals surface area contributed by atoms with Crippen LogP contribution in [0.3, 0.4) is 0 Å². The van der Waals surface area contributed by atoms with Crippen LogP contribution in [-0.2, 0) is 64.0 Å². The molecule has 0 aliphatic carbocycles. The number of primary amides is 2. The summed E-state index contributed by atoms with van der Waals surface area (Å²) in [6.07, 6.45) is -3.51. The molecule has 0 saturated carbocycles. The zero-order valence-corrected chi connectivity index (χ0v) is 44.2. The molecule has 1 rings (SSSR count). The quantitative estimate of drug-likeness (QED) is 0.0170. The third kappa shape index (κ3) is 25.0. The number of amides is 10. The summed E-state index contributed by atoms with van der Waals surface area (Å²) in [6.45, 7) is 9.14. The van der Waals surface area contributed by atoms with E-state index in [-0.39, 0.29) is 44.6 Å². The molecule has 0 aliphatic rings. The Hall–Kier alpha value is -7.95. The number of carbonyl (C=O) groups is 12. The Morgan fingerprint density at radius 1 is 0.532 bits per heavy atom. The second kappa shape index (κ2) is 33.9. The van der Waals surface area contributed by atoms with E-state index in [0.717, 1.165) is 13.8 Å². The lowest BCUT2D eigenvalue weighted by Crippen LogP contribution is -2.62. The van der Waals surface area contributed by atoms with Crippen molar-refractivity contribution in [3.8, 4) is 0 Å². The molecule has 0 aliphatic heterocycles. The number of carboxylic acid groups (broad SMARTS) is 2. The highest BCUT2D eigenvalue weighted by atomic mass is 16.4. The van der Waals surface area contributed by atoms with Gasteiger partial charge in [0.25, 0.3) is 0 Å². The maximum Gasteiger partial charge on any atom is 0.326 e. The third-order valence-corrected chi connectivity index (χ3v) is 12.2. The highest BCUT2D eigenvalue weighted by molar-refractivity contribution is 5.99. The Kier molecular flexibility index (Phi) is 29.5. The minimum absolute atomic E-state index is 0.0118. The van der Waals surface area contributed by atoms with Crippen LogP contribution < -0.4 is 71.2 Å². The van der Waals surface area contributed by atoms with Crippen molar-refractivity contribution in [1.82, 2.24) is 42.5 Å². The number of nitrogens with two attached hydrogens (primary N) is 5. The molecule has 0 bridgehead atoms. The standard InChI is InChI=1S/C48H78N14O15/c1-7-23(3)36(61-45(74)37(24(4)8-2)60-40(69)28(49)16-18-33(50)64)44(73)59-31(21-27-13-10-9-11-14-27)43(72)62-38(26(6)63)46(75)55-25(5)39(68)58-32(22-35(66)67)42(71)56-29(17-19-34(51)65)41(70)57-30(47(76)77)15-12-20-54-48(52)53/h9-11,13-14,23-26,28-32,36-38,63H,7-8,12,15-22,49H2,1-6H3,(H2,50,64)(H2,51,65)(H,55,75)(H,56,71)(H,57,70)(H,58,68)(H,59,73)(H,60,69)(H,61,74)(H,62,72)(H,66,67)(H,76,77)(H4,52,53,54)/t23-,24-,25-,26+,28-,29-,30-,31-,32-,36-,37-,38-/m0/s1. The van der Waals surface area contributed by atoms with E-state index < -0.39 is 163 Å². The normalized spacial score (nSPS) is 15.6. The Bertz CT molecular complexity index is 2250. The van der Waals surface area contributed by atoms with Gasteiger partial charge in [-0.3, -0.25) is 57.7 Å². The fraction of sp³-hybridized carbons (Fsp3) is 0.604. The maximum absolute atomic E-state index is 14.2. The number of hydrogen-bond donors (Lipinski definition) is 16. The molecule has 10 amide bonds. The van der Waals surface area contributed by atoms with Crippen molar-refractivity contribution in [3.05, 3.63) is 35.9 Å². The van der Waals surface area contributed by atoms with Crippen molar-refractivity contribution < 1.29 is 72.9 Å². The molecule has 1 aromatic carbocycles. The van der Waals surface area contributed by atoms with Crippen LogP contribution in [-0.4, -0.2) is 159 Å². The van der Waals surface area contributed by atoms with Crippen molar-refractivity contribution >= 4 is 77.0 Å². The molecule has 0 spiro atoms. The van der Waals surface area contributed by atoms with E-state index in [2.05, 4.69) is 47.5 Å². The van der Waals surface area contributed by atoms with Crippen molar-refractivity contribution in [1.29, 1.82) is 0 Å². The van der Waals surface area contributed by atoms with Crippen LogP contribution in [0.4, 0.5) is 0 Å². The maximum atomic E-state index is 14.2. The van der Waals surface area contributed by atoms with Gasteiger partial charge in [-0.05, 0) is 56.9 Å². The Morgan fingerprint density at radius 3 is 1.49 bits per heavy atom. The summed E-state index contributed by atoms with van der Waals surface area (Å²) in [4.78, 5) is 160. The van der Waals surface area contributed by atoms with E-state index in [4.69, 9.17) is 28.7 Å². The van der Waals surface area contributed by atoms with Gasteiger partial charge >= 0.3 is 11.9 Å². The Labute approximate surface area is 445 Å². The lowest BCUT2D eigenvalue weighted by molar-refractivity contribution is -0.143. The molecule has 77 heavy (non-hydrogen) atoms. The van der Waals surface area contributed by atoms with Gasteiger partial charge in [-0.25, -0.2) is 4.79 Å². The molecule has 430 valence electrons. The van der Waals surface area contributed by atoms with Crippen molar-refractivity contribution in [2.24, 2.45) is 45.5 Å². The lowest BCUT2D eigenvalue weighted by Gasteiger charge is -2.31. The number of benzene rings is 1. The Morgan fingerprint density at radius 2 is 0.987 bits per heavy atom. The SMILES string of the molecule is CC[C@H](C)[C@H](NC(=O)[C@@H](NC(=O)[C@@H](N)CCC(N)=O)[C@@H](C)CC)C(=O)N[C@@H](Cc1ccccc1)C(=O)N[C@H](C(=O)N[C@@H](C)C(=O)N[C@@H](CC(=O)O)C(=O)N[C@@H](CCC(N)=O)C(=O)N[C@@H](CCCN=C(N)N)C(=O)O)[C@@H](C)O. The van der Waals surface area contributed by atoms with E-state index in [0.29, 0.717) is 18.4 Å². The molecule has 21 N–H and O–H groups in total. The molecule has 1 aromatic rings. The summed E-state index contributed by atoms with van der Waals surface area (Å²) in [5, 5.41) is 49.3. The summed E-state index contributed by atoms with van der Waals surface area (Å²) in [6, 6.07) is -5.41. The van der Waals surface area contributed by atoms with Gasteiger partial charge in [0.2, 0.25) is 59.1 Å². The van der Waals surface area contributed by atoms with E-state index in [1.165, 1.54) is 0 Å². The van der Waals surface area contributed by atoms with Gasteiger partial charge in [0.05, 0.1) is 18.6 Å². The molecule has 0 saturated heterocycles. The number of hydrogen-bond acceptors (Lipinski definition) is 15. The van der Waals surface area contributed by atoms with E-state index in [9.17, 15) is 72.9 Å². The van der Waals surface area contributed by atoms with Gasteiger partial charge in [-0.2, -0.15) is 0 Å². The van der Waals surface area contributed by atoms with E-state index in [1.807, 2.05) is 0 Å². The minimum atomic E-state index is -1.95. The Balaban J connectivity index is 3.40. The fourth-order valence-electron chi connectivity index (χ4n) is 7.23. The number of rotatable bonds is 36. The van der Waals surface area contributed by atoms with Crippen molar-refractivity contribution in [2.45, 2.75) is 166 Å². The number of carboxylic acids is 2. The summed E-state index contributed by atoms with van der Waals surface area (Å²) in [5.74, 6) is -14.0. The molecular formula is C48H78N14O15. The summed E-state index contributed by atoms with van der Waals surface area (Å²) in [7, 11) is 0. The predicted octanol–water partition coefficient (Wildman–Crippen LogP) is -4.93. The lowest BCUT2D eigenvalue weighted by atomic mass is 9.94. The summed E-state index contributed by atoms with van der Waals surface area (Å²) < 4.78 is 0. The molecule has 29 nitrogen and oxygen atoms in total. The number of aliphatic imine (C=N–C) groups is 1. The van der Waals surface area contributed by atoms with Gasteiger partial charge in [0.1, 0.15) is 48.3 Å². The number of aliphatic carboxylic acids is 2. The number of aliphatic hydroxyl groups is 1. The van der Waals surface area contributed by atoms with E-state index in [1.54, 1.807) is 58.0 Å². The summed E-state index contributed by atoms with van der Waals surface area (Å²) in [5.41, 5.74) is 27.5. The average molecular weight is 1090 g/mol. The second-order valence-corrected chi connectivity index (χ2v) is 18.6. The molecule has 0 aromatic heterocycles. The molecule has 0 fully saturated rings. The third-order valence-electron chi connectivity index (χ3n) is 12.2. The smallest absolute Gasteiger partial charge is 0.326 e. The monoisotopic (exact) mass is 1090 g/mol. The van der Waals surface area contributed by atoms with Crippen LogP contribution >= 0.6 is 0 Å². The van der Waals surface area contributed by atoms with Crippen LogP contribution in [0.15, 0.2) is 35.3 Å². The molecule has 29 heteroatoms. The van der Waals surface area contributed by atoms with Crippen molar-refractivity contribution in [2.75, 3.05) is 6.54 Å².